The summed E-state index contributed by atoms with van der Waals surface area (Å²) in [6.07, 6.45) is 0. The van der Waals surface area contributed by atoms with Crippen molar-refractivity contribution in [3.8, 4) is 0 Å². The number of likely N-dealkylation sites (N-methyl/N-ethyl adjacent to an activating group) is 1. The molecule has 3 aromatic rings. The number of amides is 1. The topological polar surface area (TPSA) is 32.3 Å². The maximum absolute atomic E-state index is 13.4. The first-order chi connectivity index (χ1) is 13.1. The van der Waals surface area contributed by atoms with Gasteiger partial charge in [-0.05, 0) is 55.7 Å². The predicted molar refractivity (Wildman–Crippen MR) is 113 cm³/mol. The molecule has 0 heterocycles. The van der Waals surface area contributed by atoms with Crippen LogP contribution in [0, 0.1) is 13.8 Å². The van der Waals surface area contributed by atoms with Gasteiger partial charge in [-0.1, -0.05) is 60.7 Å². The van der Waals surface area contributed by atoms with Crippen LogP contribution in [-0.4, -0.2) is 12.5 Å². The summed E-state index contributed by atoms with van der Waals surface area (Å²) in [6.45, 7) is 6.85. The number of nitrogens with one attached hydrogen (secondary N) is 1. The van der Waals surface area contributed by atoms with Crippen molar-refractivity contribution in [1.29, 1.82) is 0 Å². The van der Waals surface area contributed by atoms with Gasteiger partial charge in [0.2, 0.25) is 0 Å². The Kier molecular flexibility index (Phi) is 5.92. The minimum absolute atomic E-state index is 0.0272. The molecule has 138 valence electrons. The zero-order valence-electron chi connectivity index (χ0n) is 16.1. The Morgan fingerprint density at radius 3 is 2.19 bits per heavy atom. The number of anilines is 2. The van der Waals surface area contributed by atoms with E-state index in [0.29, 0.717) is 0 Å². The van der Waals surface area contributed by atoms with Crippen LogP contribution in [0.3, 0.4) is 0 Å². The van der Waals surface area contributed by atoms with E-state index >= 15 is 0 Å². The Labute approximate surface area is 161 Å². The van der Waals surface area contributed by atoms with Gasteiger partial charge < -0.3 is 10.2 Å². The van der Waals surface area contributed by atoms with E-state index in [4.69, 9.17) is 0 Å². The molecule has 0 bridgehead atoms. The van der Waals surface area contributed by atoms with Crippen molar-refractivity contribution in [1.82, 2.24) is 0 Å². The molecular weight excluding hydrogens is 332 g/mol. The van der Waals surface area contributed by atoms with Crippen LogP contribution in [0.5, 0.6) is 0 Å². The second kappa shape index (κ2) is 8.54. The molecule has 1 amide bonds. The molecule has 0 fully saturated rings. The van der Waals surface area contributed by atoms with Crippen molar-refractivity contribution in [2.45, 2.75) is 26.8 Å². The summed E-state index contributed by atoms with van der Waals surface area (Å²) >= 11 is 0. The molecular formula is C24H26N2O. The number of hydrogen-bond donors (Lipinski definition) is 1. The highest BCUT2D eigenvalue weighted by atomic mass is 16.2. The number of hydrogen-bond acceptors (Lipinski definition) is 2. The molecule has 1 N–H and O–H groups in total. The standard InChI is InChI=1S/C24H26N2O/c1-4-26(21-13-9-6-10-14-21)23(20-11-7-5-8-12-20)24(27)25-22-17-18(2)15-16-19(22)3/h5-17,23H,4H2,1-3H3,(H,25,27). The van der Waals surface area contributed by atoms with Gasteiger partial charge in [-0.3, -0.25) is 4.79 Å². The summed E-state index contributed by atoms with van der Waals surface area (Å²) in [7, 11) is 0. The van der Waals surface area contributed by atoms with E-state index in [1.807, 2.05) is 86.6 Å². The molecule has 0 spiro atoms. The van der Waals surface area contributed by atoms with E-state index in [0.717, 1.165) is 34.6 Å². The fourth-order valence-electron chi connectivity index (χ4n) is 3.31. The number of carbonyl (C=O) groups excluding carboxylic acids is 1. The maximum Gasteiger partial charge on any atom is 0.251 e. The zero-order valence-corrected chi connectivity index (χ0v) is 16.1. The van der Waals surface area contributed by atoms with Crippen LogP contribution in [0.1, 0.15) is 29.7 Å². The third-order valence-electron chi connectivity index (χ3n) is 4.75. The highest BCUT2D eigenvalue weighted by molar-refractivity contribution is 5.98. The molecule has 27 heavy (non-hydrogen) atoms. The second-order valence-corrected chi connectivity index (χ2v) is 6.74. The summed E-state index contributed by atoms with van der Waals surface area (Å²) in [5, 5.41) is 3.15. The van der Waals surface area contributed by atoms with Crippen LogP contribution >= 0.6 is 0 Å². The summed E-state index contributed by atoms with van der Waals surface area (Å²) in [5.41, 5.74) is 5.06. The van der Waals surface area contributed by atoms with Gasteiger partial charge >= 0.3 is 0 Å². The Morgan fingerprint density at radius 2 is 1.56 bits per heavy atom. The molecule has 0 radical (unpaired) electrons. The lowest BCUT2D eigenvalue weighted by atomic mass is 10.0. The summed E-state index contributed by atoms with van der Waals surface area (Å²) in [5.74, 6) is -0.0272. The van der Waals surface area contributed by atoms with E-state index in [-0.39, 0.29) is 5.91 Å². The Hall–Kier alpha value is -3.07. The normalized spacial score (nSPS) is 11.7. The van der Waals surface area contributed by atoms with Crippen LogP contribution in [0.4, 0.5) is 11.4 Å². The van der Waals surface area contributed by atoms with Gasteiger partial charge in [-0.25, -0.2) is 0 Å². The minimum Gasteiger partial charge on any atom is -0.356 e. The van der Waals surface area contributed by atoms with Crippen molar-refractivity contribution in [3.05, 3.63) is 95.6 Å². The highest BCUT2D eigenvalue weighted by Crippen LogP contribution is 2.29. The first-order valence-electron chi connectivity index (χ1n) is 9.35. The molecule has 0 saturated carbocycles. The average Bonchev–Trinajstić information content (AvgIpc) is 2.70. The van der Waals surface area contributed by atoms with E-state index in [1.54, 1.807) is 0 Å². The summed E-state index contributed by atoms with van der Waals surface area (Å²) < 4.78 is 0. The fourth-order valence-corrected chi connectivity index (χ4v) is 3.31. The third-order valence-corrected chi connectivity index (χ3v) is 4.75. The number of aryl methyl sites for hydroxylation is 2. The van der Waals surface area contributed by atoms with Crippen LogP contribution in [0.15, 0.2) is 78.9 Å². The maximum atomic E-state index is 13.4. The molecule has 0 aliphatic rings. The van der Waals surface area contributed by atoms with Gasteiger partial charge in [0, 0.05) is 17.9 Å². The second-order valence-electron chi connectivity index (χ2n) is 6.74. The summed E-state index contributed by atoms with van der Waals surface area (Å²) in [4.78, 5) is 15.5. The van der Waals surface area contributed by atoms with E-state index in [1.165, 1.54) is 0 Å². The largest absolute Gasteiger partial charge is 0.356 e. The summed E-state index contributed by atoms with van der Waals surface area (Å²) in [6, 6.07) is 25.8. The van der Waals surface area contributed by atoms with Crippen LogP contribution < -0.4 is 10.2 Å². The first-order valence-corrected chi connectivity index (χ1v) is 9.35. The van der Waals surface area contributed by atoms with Crippen molar-refractivity contribution in [3.63, 3.8) is 0 Å². The first kappa shape index (κ1) is 18.7. The van der Waals surface area contributed by atoms with Gasteiger partial charge in [-0.15, -0.1) is 0 Å². The predicted octanol–water partition coefficient (Wildman–Crippen LogP) is 5.51. The van der Waals surface area contributed by atoms with Crippen molar-refractivity contribution in [2.75, 3.05) is 16.8 Å². The molecule has 1 atom stereocenters. The SMILES string of the molecule is CCN(c1ccccc1)C(C(=O)Nc1cc(C)ccc1C)c1ccccc1. The number of carbonyl (C=O) groups is 1. The van der Waals surface area contributed by atoms with Gasteiger partial charge in [0.05, 0.1) is 0 Å². The lowest BCUT2D eigenvalue weighted by Gasteiger charge is -2.32. The van der Waals surface area contributed by atoms with Gasteiger partial charge in [0.25, 0.3) is 5.91 Å². The number of benzene rings is 3. The van der Waals surface area contributed by atoms with Crippen LogP contribution in [-0.2, 0) is 4.79 Å². The zero-order chi connectivity index (χ0) is 19.2. The molecule has 0 aromatic heterocycles. The van der Waals surface area contributed by atoms with Crippen molar-refractivity contribution >= 4 is 17.3 Å². The van der Waals surface area contributed by atoms with Gasteiger partial charge in [-0.2, -0.15) is 0 Å². The lowest BCUT2D eigenvalue weighted by Crippen LogP contribution is -2.37. The molecule has 0 aliphatic heterocycles. The quantitative estimate of drug-likeness (QED) is 0.630. The van der Waals surface area contributed by atoms with Gasteiger partial charge in [0.15, 0.2) is 0 Å². The molecule has 3 nitrogen and oxygen atoms in total. The highest BCUT2D eigenvalue weighted by Gasteiger charge is 2.27. The third kappa shape index (κ3) is 4.37. The fraction of sp³-hybridized carbons (Fsp3) is 0.208. The van der Waals surface area contributed by atoms with Crippen LogP contribution in [0.25, 0.3) is 0 Å². The molecule has 3 aromatic carbocycles. The smallest absolute Gasteiger partial charge is 0.251 e. The average molecular weight is 358 g/mol. The van der Waals surface area contributed by atoms with Crippen LogP contribution in [0.2, 0.25) is 0 Å². The Morgan fingerprint density at radius 1 is 0.926 bits per heavy atom. The number of rotatable bonds is 6. The van der Waals surface area contributed by atoms with Gasteiger partial charge in [0.1, 0.15) is 6.04 Å². The van der Waals surface area contributed by atoms with E-state index in [2.05, 4.69) is 23.2 Å². The molecule has 0 aliphatic carbocycles. The molecule has 0 saturated heterocycles. The molecule has 3 heteroatoms. The minimum atomic E-state index is -0.404. The number of para-hydroxylation sites is 1. The van der Waals surface area contributed by atoms with Crippen molar-refractivity contribution < 1.29 is 4.79 Å². The Bertz CT molecular complexity index is 891. The van der Waals surface area contributed by atoms with E-state index < -0.39 is 6.04 Å². The molecule has 3 rings (SSSR count). The van der Waals surface area contributed by atoms with Crippen molar-refractivity contribution in [2.24, 2.45) is 0 Å². The molecule has 1 unspecified atom stereocenters. The Balaban J connectivity index is 1.99. The monoisotopic (exact) mass is 358 g/mol. The lowest BCUT2D eigenvalue weighted by molar-refractivity contribution is -0.117. The number of nitrogens with zero attached hydrogens (tertiary/aromatic N) is 1. The van der Waals surface area contributed by atoms with E-state index in [9.17, 15) is 4.79 Å².